The number of hydrogen-bond donors (Lipinski definition) is 0. The van der Waals surface area contributed by atoms with Crippen LogP contribution in [0.3, 0.4) is 0 Å². The molecule has 0 N–H and O–H groups in total. The van der Waals surface area contributed by atoms with E-state index in [4.69, 9.17) is 9.97 Å². The minimum atomic E-state index is 0.832. The predicted octanol–water partition coefficient (Wildman–Crippen LogP) is 2.67. The number of aromatic nitrogens is 4. The van der Waals surface area contributed by atoms with E-state index < -0.39 is 0 Å². The second kappa shape index (κ2) is 6.27. The monoisotopic (exact) mass is 334 g/mol. The van der Waals surface area contributed by atoms with Crippen molar-refractivity contribution in [3.63, 3.8) is 0 Å². The molecule has 6 heteroatoms. The van der Waals surface area contributed by atoms with Crippen LogP contribution < -0.4 is 9.80 Å². The molecule has 1 aliphatic rings. The van der Waals surface area contributed by atoms with E-state index in [0.717, 1.165) is 66.1 Å². The van der Waals surface area contributed by atoms with E-state index in [2.05, 4.69) is 19.8 Å². The van der Waals surface area contributed by atoms with Gasteiger partial charge >= 0.3 is 0 Å². The van der Waals surface area contributed by atoms with Gasteiger partial charge in [0.1, 0.15) is 0 Å². The summed E-state index contributed by atoms with van der Waals surface area (Å²) in [5, 5.41) is 0. The Morgan fingerprint density at radius 1 is 0.720 bits per heavy atom. The normalized spacial score (nSPS) is 15.0. The maximum atomic E-state index is 4.84. The Morgan fingerprint density at radius 2 is 1.28 bits per heavy atom. The number of benzene rings is 1. The second-order valence-corrected chi connectivity index (χ2v) is 6.55. The van der Waals surface area contributed by atoms with Crippen molar-refractivity contribution in [1.82, 2.24) is 19.9 Å². The van der Waals surface area contributed by atoms with E-state index in [1.807, 2.05) is 51.1 Å². The number of nitrogens with zero attached hydrogens (tertiary/aromatic N) is 6. The third-order valence-corrected chi connectivity index (χ3v) is 4.55. The smallest absolute Gasteiger partial charge is 0.225 e. The van der Waals surface area contributed by atoms with Gasteiger partial charge in [0.2, 0.25) is 5.95 Å². The second-order valence-electron chi connectivity index (χ2n) is 6.55. The predicted molar refractivity (Wildman–Crippen MR) is 100 cm³/mol. The highest BCUT2D eigenvalue weighted by atomic mass is 15.3. The van der Waals surface area contributed by atoms with Gasteiger partial charge in [-0.15, -0.1) is 0 Å². The van der Waals surface area contributed by atoms with Gasteiger partial charge in [-0.05, 0) is 39.0 Å². The Bertz CT molecular complexity index is 895. The van der Waals surface area contributed by atoms with E-state index in [9.17, 15) is 0 Å². The molecule has 2 aromatic heterocycles. The highest BCUT2D eigenvalue weighted by Crippen LogP contribution is 2.22. The van der Waals surface area contributed by atoms with E-state index in [1.165, 1.54) is 0 Å². The Hall–Kier alpha value is -2.76. The van der Waals surface area contributed by atoms with Gasteiger partial charge in [-0.25, -0.2) is 19.9 Å². The van der Waals surface area contributed by atoms with Crippen molar-refractivity contribution in [3.05, 3.63) is 47.4 Å². The fourth-order valence-corrected chi connectivity index (χ4v) is 3.35. The first kappa shape index (κ1) is 15.7. The molecule has 1 fully saturated rings. The third kappa shape index (κ3) is 3.12. The van der Waals surface area contributed by atoms with Gasteiger partial charge in [0.05, 0.1) is 16.7 Å². The summed E-state index contributed by atoms with van der Waals surface area (Å²) >= 11 is 0. The van der Waals surface area contributed by atoms with Crippen LogP contribution in [0.1, 0.15) is 17.1 Å². The molecule has 25 heavy (non-hydrogen) atoms. The van der Waals surface area contributed by atoms with E-state index in [1.54, 1.807) is 0 Å². The van der Waals surface area contributed by atoms with Crippen LogP contribution in [0, 0.1) is 20.8 Å². The fourth-order valence-electron chi connectivity index (χ4n) is 3.35. The van der Waals surface area contributed by atoms with Crippen molar-refractivity contribution in [2.75, 3.05) is 36.0 Å². The van der Waals surface area contributed by atoms with Gasteiger partial charge in [0.15, 0.2) is 5.82 Å². The zero-order valence-corrected chi connectivity index (χ0v) is 14.9. The molecule has 1 aromatic carbocycles. The first-order valence-corrected chi connectivity index (χ1v) is 8.66. The maximum Gasteiger partial charge on any atom is 0.225 e. The van der Waals surface area contributed by atoms with Gasteiger partial charge in [0, 0.05) is 37.6 Å². The first-order valence-electron chi connectivity index (χ1n) is 8.66. The average molecular weight is 334 g/mol. The lowest BCUT2D eigenvalue weighted by Crippen LogP contribution is -2.47. The average Bonchev–Trinajstić information content (AvgIpc) is 2.60. The van der Waals surface area contributed by atoms with E-state index >= 15 is 0 Å². The maximum absolute atomic E-state index is 4.84. The Morgan fingerprint density at radius 3 is 1.92 bits per heavy atom. The molecule has 3 heterocycles. The van der Waals surface area contributed by atoms with Gasteiger partial charge < -0.3 is 9.80 Å². The highest BCUT2D eigenvalue weighted by Gasteiger charge is 2.22. The molecular formula is C19H22N6. The van der Waals surface area contributed by atoms with Crippen LogP contribution in [0.4, 0.5) is 11.8 Å². The fraction of sp³-hybridized carbons (Fsp3) is 0.368. The molecule has 6 nitrogen and oxygen atoms in total. The zero-order valence-electron chi connectivity index (χ0n) is 14.9. The summed E-state index contributed by atoms with van der Waals surface area (Å²) in [6.07, 6.45) is 0. The molecule has 0 aliphatic carbocycles. The molecule has 0 radical (unpaired) electrons. The van der Waals surface area contributed by atoms with Crippen molar-refractivity contribution < 1.29 is 0 Å². The minimum absolute atomic E-state index is 0.832. The third-order valence-electron chi connectivity index (χ3n) is 4.55. The Balaban J connectivity index is 1.54. The van der Waals surface area contributed by atoms with Gasteiger partial charge in [-0.2, -0.15) is 0 Å². The number of anilines is 2. The van der Waals surface area contributed by atoms with Gasteiger partial charge in [-0.3, -0.25) is 0 Å². The minimum Gasteiger partial charge on any atom is -0.352 e. The number of fused-ring (bicyclic) bond motifs is 1. The van der Waals surface area contributed by atoms with Crippen LogP contribution in [0.5, 0.6) is 0 Å². The number of aryl methyl sites for hydroxylation is 3. The summed E-state index contributed by atoms with van der Waals surface area (Å²) < 4.78 is 0. The van der Waals surface area contributed by atoms with Gasteiger partial charge in [0.25, 0.3) is 0 Å². The molecule has 4 rings (SSSR count). The summed E-state index contributed by atoms with van der Waals surface area (Å²) in [5.74, 6) is 1.82. The summed E-state index contributed by atoms with van der Waals surface area (Å²) in [7, 11) is 0. The first-order chi connectivity index (χ1) is 12.1. The van der Waals surface area contributed by atoms with E-state index in [0.29, 0.717) is 0 Å². The molecule has 1 aliphatic heterocycles. The standard InChI is InChI=1S/C19H22N6/c1-13-12-14(2)21-19(20-13)25-10-8-24(9-11-25)18-15(3)22-16-6-4-5-7-17(16)23-18/h4-7,12H,8-11H2,1-3H3. The summed E-state index contributed by atoms with van der Waals surface area (Å²) in [4.78, 5) is 23.3. The van der Waals surface area contributed by atoms with Crippen LogP contribution in [-0.2, 0) is 0 Å². The lowest BCUT2D eigenvalue weighted by Gasteiger charge is -2.36. The zero-order chi connectivity index (χ0) is 17.4. The number of piperazine rings is 1. The largest absolute Gasteiger partial charge is 0.352 e. The number of rotatable bonds is 2. The molecule has 1 saturated heterocycles. The SMILES string of the molecule is Cc1cc(C)nc(N2CCN(c3nc4ccccc4nc3C)CC2)n1. The van der Waals surface area contributed by atoms with Crippen LogP contribution >= 0.6 is 0 Å². The summed E-state index contributed by atoms with van der Waals surface area (Å²) in [6.45, 7) is 9.63. The summed E-state index contributed by atoms with van der Waals surface area (Å²) in [5.41, 5.74) is 4.91. The molecule has 0 atom stereocenters. The van der Waals surface area contributed by atoms with Crippen LogP contribution in [-0.4, -0.2) is 46.1 Å². The van der Waals surface area contributed by atoms with Gasteiger partial charge in [-0.1, -0.05) is 12.1 Å². The summed E-state index contributed by atoms with van der Waals surface area (Å²) in [6, 6.07) is 10.0. The molecule has 0 spiro atoms. The Labute approximate surface area is 147 Å². The van der Waals surface area contributed by atoms with Crippen molar-refractivity contribution in [2.45, 2.75) is 20.8 Å². The van der Waals surface area contributed by atoms with Crippen LogP contribution in [0.15, 0.2) is 30.3 Å². The van der Waals surface area contributed by atoms with Crippen molar-refractivity contribution in [2.24, 2.45) is 0 Å². The van der Waals surface area contributed by atoms with Crippen molar-refractivity contribution in [1.29, 1.82) is 0 Å². The number of para-hydroxylation sites is 2. The molecule has 128 valence electrons. The van der Waals surface area contributed by atoms with Crippen molar-refractivity contribution >= 4 is 22.8 Å². The highest BCUT2D eigenvalue weighted by molar-refractivity contribution is 5.76. The molecule has 3 aromatic rings. The van der Waals surface area contributed by atoms with Crippen LogP contribution in [0.25, 0.3) is 11.0 Å². The van der Waals surface area contributed by atoms with E-state index in [-0.39, 0.29) is 0 Å². The lowest BCUT2D eigenvalue weighted by atomic mass is 10.2. The quantitative estimate of drug-likeness (QED) is 0.718. The van der Waals surface area contributed by atoms with Crippen LogP contribution in [0.2, 0.25) is 0 Å². The molecule has 0 unspecified atom stereocenters. The molecule has 0 bridgehead atoms. The molecular weight excluding hydrogens is 312 g/mol. The topological polar surface area (TPSA) is 58.0 Å². The molecule has 0 amide bonds. The Kier molecular flexibility index (Phi) is 3.95. The van der Waals surface area contributed by atoms with Crippen molar-refractivity contribution in [3.8, 4) is 0 Å². The molecule has 0 saturated carbocycles. The number of hydrogen-bond acceptors (Lipinski definition) is 6. The lowest BCUT2D eigenvalue weighted by molar-refractivity contribution is 0.631.